The number of benzene rings is 2. The zero-order chi connectivity index (χ0) is 26.0. The number of hydrogen-bond donors (Lipinski definition) is 1. The Kier molecular flexibility index (Phi) is 7.33. The Morgan fingerprint density at radius 1 is 1.06 bits per heavy atom. The van der Waals surface area contributed by atoms with E-state index in [0.29, 0.717) is 40.5 Å². The molecule has 1 unspecified atom stereocenters. The smallest absolute Gasteiger partial charge is 0.265 e. The average molecular weight is 527 g/mol. The van der Waals surface area contributed by atoms with Crippen LogP contribution in [0.15, 0.2) is 65.8 Å². The molecule has 10 heteroatoms. The van der Waals surface area contributed by atoms with Gasteiger partial charge in [0.15, 0.2) is 0 Å². The van der Waals surface area contributed by atoms with Crippen LogP contribution in [0, 0.1) is 13.8 Å². The quantitative estimate of drug-likeness (QED) is 0.506. The van der Waals surface area contributed by atoms with Crippen LogP contribution in [-0.4, -0.2) is 44.9 Å². The van der Waals surface area contributed by atoms with Gasteiger partial charge in [-0.05, 0) is 73.4 Å². The van der Waals surface area contributed by atoms with Crippen molar-refractivity contribution in [3.63, 3.8) is 0 Å². The molecule has 1 atom stereocenters. The average Bonchev–Trinajstić information content (AvgIpc) is 2.85. The summed E-state index contributed by atoms with van der Waals surface area (Å²) in [5.74, 6) is -0.899. The van der Waals surface area contributed by atoms with E-state index in [1.165, 1.54) is 11.0 Å². The highest BCUT2D eigenvalue weighted by Gasteiger charge is 2.44. The van der Waals surface area contributed by atoms with Crippen LogP contribution in [0.1, 0.15) is 23.1 Å². The highest BCUT2D eigenvalue weighted by atomic mass is 35.5. The van der Waals surface area contributed by atoms with Gasteiger partial charge in [0, 0.05) is 31.0 Å². The van der Waals surface area contributed by atoms with Crippen LogP contribution in [0.5, 0.6) is 0 Å². The van der Waals surface area contributed by atoms with Crippen molar-refractivity contribution in [2.75, 3.05) is 22.8 Å². The van der Waals surface area contributed by atoms with E-state index in [4.69, 9.17) is 11.6 Å². The van der Waals surface area contributed by atoms with Crippen LogP contribution in [0.2, 0.25) is 5.02 Å². The van der Waals surface area contributed by atoms with E-state index in [2.05, 4.69) is 10.3 Å². The van der Waals surface area contributed by atoms with Crippen LogP contribution in [0.3, 0.4) is 0 Å². The van der Waals surface area contributed by atoms with E-state index in [0.717, 1.165) is 9.87 Å². The molecule has 3 aromatic rings. The summed E-state index contributed by atoms with van der Waals surface area (Å²) in [5.41, 5.74) is 2.84. The molecule has 8 nitrogen and oxygen atoms in total. The van der Waals surface area contributed by atoms with E-state index >= 15 is 0 Å². The molecule has 0 saturated carbocycles. The van der Waals surface area contributed by atoms with Gasteiger partial charge in [-0.1, -0.05) is 23.7 Å². The molecule has 4 rings (SSSR count). The van der Waals surface area contributed by atoms with E-state index in [1.807, 2.05) is 12.1 Å². The number of rotatable bonds is 7. The topological polar surface area (TPSA) is 99.7 Å². The number of aromatic nitrogens is 1. The number of para-hydroxylation sites is 2. The molecule has 0 radical (unpaired) electrons. The molecular formula is C26H27ClN4O4S. The van der Waals surface area contributed by atoms with Crippen LogP contribution < -0.4 is 14.5 Å². The number of pyridine rings is 1. The van der Waals surface area contributed by atoms with Crippen molar-refractivity contribution in [2.24, 2.45) is 0 Å². The third-order valence-electron chi connectivity index (χ3n) is 6.24. The summed E-state index contributed by atoms with van der Waals surface area (Å²) in [6.45, 7) is 3.72. The standard InChI is InChI=1S/C26H27ClN4O4S/c1-17-15-24(18(2)14-20(17)27)36(34,35)31-22-7-5-4-6-21(22)30(3)26(33)23(31)16-25(32)29-13-10-19-8-11-28-12-9-19/h4-9,11-12,14-15,23H,10,13,16H2,1-3H3,(H,29,32). The van der Waals surface area contributed by atoms with Gasteiger partial charge in [-0.3, -0.25) is 18.9 Å². The minimum atomic E-state index is -4.22. The Balaban J connectivity index is 1.68. The zero-order valence-corrected chi connectivity index (χ0v) is 21.8. The number of fused-ring (bicyclic) bond motifs is 1. The summed E-state index contributed by atoms with van der Waals surface area (Å²) in [7, 11) is -2.64. The van der Waals surface area contributed by atoms with E-state index in [-0.39, 0.29) is 11.3 Å². The Labute approximate surface area is 216 Å². The van der Waals surface area contributed by atoms with Crippen LogP contribution in [0.25, 0.3) is 0 Å². The van der Waals surface area contributed by atoms with Crippen molar-refractivity contribution in [2.45, 2.75) is 37.6 Å². The first-order valence-electron chi connectivity index (χ1n) is 11.4. The third-order valence-corrected chi connectivity index (χ3v) is 8.61. The van der Waals surface area contributed by atoms with Crippen molar-refractivity contribution in [3.8, 4) is 0 Å². The third kappa shape index (κ3) is 4.94. The second kappa shape index (κ2) is 10.3. The minimum Gasteiger partial charge on any atom is -0.356 e. The first-order valence-corrected chi connectivity index (χ1v) is 13.3. The van der Waals surface area contributed by atoms with Gasteiger partial charge >= 0.3 is 0 Å². The molecule has 0 bridgehead atoms. The fourth-order valence-corrected chi connectivity index (χ4v) is 6.43. The van der Waals surface area contributed by atoms with Gasteiger partial charge in [0.25, 0.3) is 15.9 Å². The summed E-state index contributed by atoms with van der Waals surface area (Å²) < 4.78 is 29.2. The molecule has 0 aliphatic carbocycles. The number of carbonyl (C=O) groups is 2. The largest absolute Gasteiger partial charge is 0.356 e. The number of aryl methyl sites for hydroxylation is 2. The summed E-state index contributed by atoms with van der Waals surface area (Å²) in [6.07, 6.45) is 3.61. The predicted octanol–water partition coefficient (Wildman–Crippen LogP) is 3.64. The first-order chi connectivity index (χ1) is 17.1. The fraction of sp³-hybridized carbons (Fsp3) is 0.269. The van der Waals surface area contributed by atoms with Crippen LogP contribution in [0.4, 0.5) is 11.4 Å². The SMILES string of the molecule is Cc1cc(S(=O)(=O)N2c3ccccc3N(C)C(=O)C2CC(=O)NCCc2ccncc2)c(C)cc1Cl. The molecule has 2 aromatic carbocycles. The maximum atomic E-state index is 14.1. The van der Waals surface area contributed by atoms with Gasteiger partial charge < -0.3 is 10.2 Å². The van der Waals surface area contributed by atoms with Gasteiger partial charge in [0.1, 0.15) is 6.04 Å². The number of nitrogens with one attached hydrogen (secondary N) is 1. The Bertz CT molecular complexity index is 1410. The lowest BCUT2D eigenvalue weighted by Crippen LogP contribution is -2.56. The normalized spacial score (nSPS) is 15.6. The molecule has 1 aliphatic rings. The molecule has 0 fully saturated rings. The highest BCUT2D eigenvalue weighted by molar-refractivity contribution is 7.93. The number of sulfonamides is 1. The minimum absolute atomic E-state index is 0.0413. The summed E-state index contributed by atoms with van der Waals surface area (Å²) >= 11 is 6.21. The first kappa shape index (κ1) is 25.7. The molecule has 0 spiro atoms. The van der Waals surface area contributed by atoms with Gasteiger partial charge in [-0.15, -0.1) is 0 Å². The molecule has 36 heavy (non-hydrogen) atoms. The number of hydrogen-bond acceptors (Lipinski definition) is 5. The lowest BCUT2D eigenvalue weighted by molar-refractivity contribution is -0.126. The molecular weight excluding hydrogens is 500 g/mol. The zero-order valence-electron chi connectivity index (χ0n) is 20.2. The maximum absolute atomic E-state index is 14.1. The van der Waals surface area contributed by atoms with Crippen LogP contribution >= 0.6 is 11.6 Å². The number of likely N-dealkylation sites (N-methyl/N-ethyl adjacent to an activating group) is 1. The monoisotopic (exact) mass is 526 g/mol. The highest BCUT2D eigenvalue weighted by Crippen LogP contribution is 2.40. The molecule has 1 N–H and O–H groups in total. The molecule has 2 heterocycles. The lowest BCUT2D eigenvalue weighted by Gasteiger charge is -2.40. The van der Waals surface area contributed by atoms with Gasteiger partial charge in [-0.25, -0.2) is 8.42 Å². The number of carbonyl (C=O) groups excluding carboxylic acids is 2. The maximum Gasteiger partial charge on any atom is 0.265 e. The molecule has 2 amide bonds. The predicted molar refractivity (Wildman–Crippen MR) is 140 cm³/mol. The second-order valence-corrected chi connectivity index (χ2v) is 10.9. The van der Waals surface area contributed by atoms with Crippen molar-refractivity contribution in [1.29, 1.82) is 0 Å². The van der Waals surface area contributed by atoms with Gasteiger partial charge in [0.2, 0.25) is 5.91 Å². The number of halogens is 1. The number of nitrogens with zero attached hydrogens (tertiary/aromatic N) is 3. The lowest BCUT2D eigenvalue weighted by atomic mass is 10.1. The Morgan fingerprint density at radius 3 is 2.42 bits per heavy atom. The summed E-state index contributed by atoms with van der Waals surface area (Å²) in [5, 5.41) is 3.26. The molecule has 0 saturated heterocycles. The van der Waals surface area contributed by atoms with E-state index < -0.39 is 27.9 Å². The van der Waals surface area contributed by atoms with Crippen molar-refractivity contribution >= 4 is 44.8 Å². The van der Waals surface area contributed by atoms with Crippen molar-refractivity contribution < 1.29 is 18.0 Å². The van der Waals surface area contributed by atoms with E-state index in [1.54, 1.807) is 63.6 Å². The molecule has 1 aliphatic heterocycles. The summed E-state index contributed by atoms with van der Waals surface area (Å²) in [6, 6.07) is 12.3. The Morgan fingerprint density at radius 2 is 1.72 bits per heavy atom. The molecule has 188 valence electrons. The fourth-order valence-electron chi connectivity index (χ4n) is 4.29. The molecule has 1 aromatic heterocycles. The van der Waals surface area contributed by atoms with E-state index in [9.17, 15) is 18.0 Å². The van der Waals surface area contributed by atoms with Gasteiger partial charge in [-0.2, -0.15) is 0 Å². The van der Waals surface area contributed by atoms with Gasteiger partial charge in [0.05, 0.1) is 22.7 Å². The number of anilines is 2. The summed E-state index contributed by atoms with van der Waals surface area (Å²) in [4.78, 5) is 31.7. The Hall–Kier alpha value is -3.43. The van der Waals surface area contributed by atoms with Crippen LogP contribution in [-0.2, 0) is 26.0 Å². The second-order valence-electron chi connectivity index (χ2n) is 8.73. The van der Waals surface area contributed by atoms with Crippen molar-refractivity contribution in [1.82, 2.24) is 10.3 Å². The number of amides is 2. The van der Waals surface area contributed by atoms with Crippen molar-refractivity contribution in [3.05, 3.63) is 82.6 Å².